The molecule has 3 nitrogen and oxygen atoms in total. The molecule has 0 radical (unpaired) electrons. The molecule has 2 aromatic rings. The molecule has 2 N–H and O–H groups in total. The third kappa shape index (κ3) is 3.57. The maximum absolute atomic E-state index is 13.2. The largest absolute Gasteiger partial charge is 0.398 e. The highest BCUT2D eigenvalue weighted by Crippen LogP contribution is 2.20. The average molecular weight is 293 g/mol. The topological polar surface area (TPSA) is 60.2 Å². The van der Waals surface area contributed by atoms with Crippen LogP contribution in [0, 0.1) is 12.7 Å². The zero-order valence-electron chi connectivity index (χ0n) is 11.1. The quantitative estimate of drug-likeness (QED) is 0.882. The second kappa shape index (κ2) is 5.63. The highest BCUT2D eigenvalue weighted by Gasteiger charge is 2.16. The van der Waals surface area contributed by atoms with E-state index >= 15 is 0 Å². The number of hydrogen-bond acceptors (Lipinski definition) is 3. The predicted octanol–water partition coefficient (Wildman–Crippen LogP) is 2.83. The minimum Gasteiger partial charge on any atom is -0.398 e. The monoisotopic (exact) mass is 293 g/mol. The molecule has 2 aromatic carbocycles. The van der Waals surface area contributed by atoms with Crippen molar-refractivity contribution in [2.75, 3.05) is 5.73 Å². The van der Waals surface area contributed by atoms with Gasteiger partial charge in [0.2, 0.25) is 0 Å². The molecule has 0 saturated heterocycles. The lowest BCUT2D eigenvalue weighted by Gasteiger charge is -2.09. The Morgan fingerprint density at radius 3 is 2.40 bits per heavy atom. The number of nitrogens with two attached hydrogens (primary N) is 1. The molecule has 106 valence electrons. The van der Waals surface area contributed by atoms with Gasteiger partial charge in [-0.05, 0) is 41.8 Å². The van der Waals surface area contributed by atoms with Crippen LogP contribution >= 0.6 is 0 Å². The molecular weight excluding hydrogens is 277 g/mol. The summed E-state index contributed by atoms with van der Waals surface area (Å²) in [4.78, 5) is 0. The van der Waals surface area contributed by atoms with Crippen molar-refractivity contribution in [2.45, 2.75) is 18.4 Å². The highest BCUT2D eigenvalue weighted by atomic mass is 32.2. The van der Waals surface area contributed by atoms with E-state index in [0.717, 1.165) is 11.1 Å². The van der Waals surface area contributed by atoms with E-state index in [2.05, 4.69) is 0 Å². The molecule has 0 aliphatic rings. The van der Waals surface area contributed by atoms with Gasteiger partial charge in [-0.2, -0.15) is 0 Å². The fourth-order valence-electron chi connectivity index (χ4n) is 2.00. The van der Waals surface area contributed by atoms with Crippen LogP contribution in [0.3, 0.4) is 0 Å². The summed E-state index contributed by atoms with van der Waals surface area (Å²) in [5, 5.41) is 0. The highest BCUT2D eigenvalue weighted by molar-refractivity contribution is 7.89. The number of sulfone groups is 1. The van der Waals surface area contributed by atoms with Gasteiger partial charge in [0.1, 0.15) is 5.82 Å². The minimum atomic E-state index is -3.40. The van der Waals surface area contributed by atoms with Gasteiger partial charge in [-0.3, -0.25) is 0 Å². The van der Waals surface area contributed by atoms with E-state index in [1.807, 2.05) is 19.1 Å². The van der Waals surface area contributed by atoms with E-state index in [4.69, 9.17) is 5.73 Å². The van der Waals surface area contributed by atoms with Crippen LogP contribution in [-0.4, -0.2) is 8.42 Å². The summed E-state index contributed by atoms with van der Waals surface area (Å²) in [6.07, 6.45) is 0. The second-order valence-electron chi connectivity index (χ2n) is 4.80. The van der Waals surface area contributed by atoms with Crippen molar-refractivity contribution in [1.82, 2.24) is 0 Å². The van der Waals surface area contributed by atoms with Gasteiger partial charge < -0.3 is 5.73 Å². The Morgan fingerprint density at radius 1 is 1.05 bits per heavy atom. The first-order valence-corrected chi connectivity index (χ1v) is 7.98. The van der Waals surface area contributed by atoms with Crippen LogP contribution in [0.15, 0.2) is 42.5 Å². The van der Waals surface area contributed by atoms with Gasteiger partial charge in [-0.15, -0.1) is 0 Å². The molecule has 0 bridgehead atoms. The Morgan fingerprint density at radius 2 is 1.70 bits per heavy atom. The van der Waals surface area contributed by atoms with Crippen molar-refractivity contribution in [3.63, 3.8) is 0 Å². The van der Waals surface area contributed by atoms with Crippen LogP contribution in [-0.2, 0) is 21.3 Å². The predicted molar refractivity (Wildman–Crippen MR) is 78.3 cm³/mol. The molecule has 0 aliphatic carbocycles. The molecule has 0 fully saturated rings. The molecule has 0 spiro atoms. The van der Waals surface area contributed by atoms with Crippen molar-refractivity contribution >= 4 is 15.5 Å². The van der Waals surface area contributed by atoms with Crippen LogP contribution in [0.2, 0.25) is 0 Å². The van der Waals surface area contributed by atoms with Crippen molar-refractivity contribution in [2.24, 2.45) is 0 Å². The fourth-order valence-corrected chi connectivity index (χ4v) is 3.62. The van der Waals surface area contributed by atoms with Crippen molar-refractivity contribution in [3.05, 3.63) is 65.0 Å². The van der Waals surface area contributed by atoms with Gasteiger partial charge in [0.15, 0.2) is 9.84 Å². The lowest BCUT2D eigenvalue weighted by atomic mass is 10.1. The van der Waals surface area contributed by atoms with Crippen LogP contribution in [0.5, 0.6) is 0 Å². The van der Waals surface area contributed by atoms with E-state index in [9.17, 15) is 12.8 Å². The normalized spacial score (nSPS) is 11.5. The Hall–Kier alpha value is -1.88. The third-order valence-corrected chi connectivity index (χ3v) is 4.62. The Balaban J connectivity index is 2.24. The summed E-state index contributed by atoms with van der Waals surface area (Å²) in [5.74, 6) is -0.819. The lowest BCUT2D eigenvalue weighted by molar-refractivity contribution is 0.594. The molecule has 2 rings (SSSR count). The van der Waals surface area contributed by atoms with Crippen molar-refractivity contribution in [3.8, 4) is 0 Å². The SMILES string of the molecule is Cc1ccccc1CS(=O)(=O)Cc1cc(F)ccc1N. The first-order valence-electron chi connectivity index (χ1n) is 6.16. The Bertz CT molecular complexity index is 726. The molecule has 0 amide bonds. The van der Waals surface area contributed by atoms with E-state index in [-0.39, 0.29) is 11.5 Å². The van der Waals surface area contributed by atoms with Crippen LogP contribution < -0.4 is 5.73 Å². The summed E-state index contributed by atoms with van der Waals surface area (Å²) in [6, 6.07) is 11.1. The molecular formula is C15H16FNO2S. The maximum Gasteiger partial charge on any atom is 0.158 e. The molecule has 0 heterocycles. The van der Waals surface area contributed by atoms with Gasteiger partial charge in [0, 0.05) is 5.69 Å². The van der Waals surface area contributed by atoms with E-state index < -0.39 is 15.7 Å². The molecule has 20 heavy (non-hydrogen) atoms. The standard InChI is InChI=1S/C15H16FNO2S/c1-11-4-2-3-5-12(11)9-20(18,19)10-13-8-14(16)6-7-15(13)17/h2-8H,9-10,17H2,1H3. The lowest BCUT2D eigenvalue weighted by Crippen LogP contribution is -2.10. The summed E-state index contributed by atoms with van der Waals surface area (Å²) in [7, 11) is -3.40. The van der Waals surface area contributed by atoms with Gasteiger partial charge in [0.25, 0.3) is 0 Å². The zero-order chi connectivity index (χ0) is 14.8. The van der Waals surface area contributed by atoms with E-state index in [1.165, 1.54) is 18.2 Å². The van der Waals surface area contributed by atoms with Gasteiger partial charge in [0.05, 0.1) is 11.5 Å². The van der Waals surface area contributed by atoms with Crippen molar-refractivity contribution in [1.29, 1.82) is 0 Å². The summed E-state index contributed by atoms with van der Waals surface area (Å²) in [5.41, 5.74) is 7.96. The molecule has 0 unspecified atom stereocenters. The van der Waals surface area contributed by atoms with Crippen molar-refractivity contribution < 1.29 is 12.8 Å². The first-order chi connectivity index (χ1) is 9.37. The first kappa shape index (κ1) is 14.5. The molecule has 0 aromatic heterocycles. The Labute approximate surface area is 118 Å². The maximum atomic E-state index is 13.2. The van der Waals surface area contributed by atoms with Gasteiger partial charge in [-0.1, -0.05) is 24.3 Å². The number of halogens is 1. The van der Waals surface area contributed by atoms with Gasteiger partial charge in [-0.25, -0.2) is 12.8 Å². The Kier molecular flexibility index (Phi) is 4.09. The number of benzene rings is 2. The summed E-state index contributed by atoms with van der Waals surface area (Å²) < 4.78 is 37.6. The number of nitrogen functional groups attached to an aromatic ring is 1. The van der Waals surface area contributed by atoms with Gasteiger partial charge >= 0.3 is 0 Å². The van der Waals surface area contributed by atoms with Crippen LogP contribution in [0.25, 0.3) is 0 Å². The molecule has 0 saturated carbocycles. The number of aryl methyl sites for hydroxylation is 1. The average Bonchev–Trinajstić information content (AvgIpc) is 2.36. The minimum absolute atomic E-state index is 0.0738. The second-order valence-corrected chi connectivity index (χ2v) is 6.87. The molecule has 0 atom stereocenters. The van der Waals surface area contributed by atoms with Crippen LogP contribution in [0.1, 0.15) is 16.7 Å². The van der Waals surface area contributed by atoms with E-state index in [1.54, 1.807) is 12.1 Å². The zero-order valence-corrected chi connectivity index (χ0v) is 12.0. The van der Waals surface area contributed by atoms with E-state index in [0.29, 0.717) is 11.3 Å². The summed E-state index contributed by atoms with van der Waals surface area (Å²) >= 11 is 0. The number of hydrogen-bond donors (Lipinski definition) is 1. The summed E-state index contributed by atoms with van der Waals surface area (Å²) in [6.45, 7) is 1.86. The molecule has 0 aliphatic heterocycles. The fraction of sp³-hybridized carbons (Fsp3) is 0.200. The molecule has 5 heteroatoms. The number of anilines is 1. The number of rotatable bonds is 4. The smallest absolute Gasteiger partial charge is 0.158 e. The van der Waals surface area contributed by atoms with Crippen LogP contribution in [0.4, 0.5) is 10.1 Å². The third-order valence-electron chi connectivity index (χ3n) is 3.12.